The number of aromatic amines is 1. The van der Waals surface area contributed by atoms with Crippen LogP contribution in [-0.2, 0) is 0 Å². The summed E-state index contributed by atoms with van der Waals surface area (Å²) < 4.78 is 1.05. The van der Waals surface area contributed by atoms with Gasteiger partial charge >= 0.3 is 0 Å². The van der Waals surface area contributed by atoms with E-state index in [1.807, 2.05) is 6.07 Å². The highest BCUT2D eigenvalue weighted by Gasteiger charge is 2.12. The maximum Gasteiger partial charge on any atom is 0.0910 e. The van der Waals surface area contributed by atoms with Gasteiger partial charge in [-0.2, -0.15) is 0 Å². The largest absolute Gasteiger partial charge is 0.349 e. The lowest BCUT2D eigenvalue weighted by molar-refractivity contribution is 1.41. The standard InChI is InChI=1S/C15H12BrN/c1-10-6-5-9-12-13(10)14(15(16)17-12)11-7-3-2-4-8-11/h2-9,17H,1H3. The average Bonchev–Trinajstić information content (AvgIpc) is 2.68. The number of H-pyrrole nitrogens is 1. The normalized spacial score (nSPS) is 10.9. The first-order valence-electron chi connectivity index (χ1n) is 5.59. The molecule has 0 aliphatic rings. The number of halogens is 1. The highest BCUT2D eigenvalue weighted by Crippen LogP contribution is 2.36. The molecule has 3 aromatic rings. The van der Waals surface area contributed by atoms with Crippen LogP contribution in [0.25, 0.3) is 22.0 Å². The Labute approximate surface area is 109 Å². The third kappa shape index (κ3) is 1.69. The second-order valence-corrected chi connectivity index (χ2v) is 4.97. The van der Waals surface area contributed by atoms with Gasteiger partial charge in [-0.1, -0.05) is 42.5 Å². The highest BCUT2D eigenvalue weighted by atomic mass is 79.9. The van der Waals surface area contributed by atoms with Crippen molar-refractivity contribution in [3.63, 3.8) is 0 Å². The Kier molecular flexibility index (Phi) is 2.52. The molecule has 2 aromatic carbocycles. The Morgan fingerprint density at radius 3 is 2.47 bits per heavy atom. The van der Waals surface area contributed by atoms with E-state index in [1.165, 1.54) is 27.6 Å². The molecule has 0 saturated heterocycles. The number of nitrogens with one attached hydrogen (secondary N) is 1. The summed E-state index contributed by atoms with van der Waals surface area (Å²) in [5.74, 6) is 0. The smallest absolute Gasteiger partial charge is 0.0910 e. The van der Waals surface area contributed by atoms with Crippen molar-refractivity contribution in [1.82, 2.24) is 4.98 Å². The first kappa shape index (κ1) is 10.6. The summed E-state index contributed by atoms with van der Waals surface area (Å²) >= 11 is 3.62. The van der Waals surface area contributed by atoms with Crippen LogP contribution < -0.4 is 0 Å². The maximum atomic E-state index is 3.62. The van der Waals surface area contributed by atoms with Gasteiger partial charge in [-0.15, -0.1) is 0 Å². The van der Waals surface area contributed by atoms with E-state index in [1.54, 1.807) is 0 Å². The van der Waals surface area contributed by atoms with Gasteiger partial charge < -0.3 is 4.98 Å². The van der Waals surface area contributed by atoms with Crippen molar-refractivity contribution in [2.45, 2.75) is 6.92 Å². The van der Waals surface area contributed by atoms with E-state index in [0.29, 0.717) is 0 Å². The molecule has 0 amide bonds. The second kappa shape index (κ2) is 4.04. The summed E-state index contributed by atoms with van der Waals surface area (Å²) in [4.78, 5) is 3.38. The molecule has 1 aromatic heterocycles. The summed E-state index contributed by atoms with van der Waals surface area (Å²) in [5.41, 5.74) is 4.96. The molecule has 0 aliphatic heterocycles. The lowest BCUT2D eigenvalue weighted by Crippen LogP contribution is -1.79. The molecule has 1 N–H and O–H groups in total. The molecule has 3 rings (SSSR count). The van der Waals surface area contributed by atoms with Crippen LogP contribution in [0.5, 0.6) is 0 Å². The Hall–Kier alpha value is -1.54. The van der Waals surface area contributed by atoms with E-state index in [4.69, 9.17) is 0 Å². The third-order valence-electron chi connectivity index (χ3n) is 3.05. The van der Waals surface area contributed by atoms with Gasteiger partial charge in [0.15, 0.2) is 0 Å². The molecule has 0 spiro atoms. The molecule has 0 bridgehead atoms. The molecule has 2 heteroatoms. The predicted octanol–water partition coefficient (Wildman–Crippen LogP) is 4.91. The van der Waals surface area contributed by atoms with Gasteiger partial charge in [0.1, 0.15) is 0 Å². The van der Waals surface area contributed by atoms with Crippen molar-refractivity contribution in [3.8, 4) is 11.1 Å². The quantitative estimate of drug-likeness (QED) is 0.654. The molecule has 0 saturated carbocycles. The fourth-order valence-electron chi connectivity index (χ4n) is 2.27. The summed E-state index contributed by atoms with van der Waals surface area (Å²) in [5, 5.41) is 1.30. The Bertz CT molecular complexity index is 668. The van der Waals surface area contributed by atoms with Gasteiger partial charge in [0, 0.05) is 16.5 Å². The van der Waals surface area contributed by atoms with Crippen LogP contribution in [0.3, 0.4) is 0 Å². The molecule has 1 heterocycles. The lowest BCUT2D eigenvalue weighted by Gasteiger charge is -2.02. The molecular formula is C15H12BrN. The van der Waals surface area contributed by atoms with Crippen LogP contribution in [0.15, 0.2) is 53.1 Å². The monoisotopic (exact) mass is 285 g/mol. The molecule has 17 heavy (non-hydrogen) atoms. The topological polar surface area (TPSA) is 15.8 Å². The zero-order valence-corrected chi connectivity index (χ0v) is 11.1. The number of aryl methyl sites for hydroxylation is 1. The van der Waals surface area contributed by atoms with E-state index in [-0.39, 0.29) is 0 Å². The number of hydrogen-bond acceptors (Lipinski definition) is 0. The van der Waals surface area contributed by atoms with Gasteiger partial charge in [-0.05, 0) is 40.0 Å². The van der Waals surface area contributed by atoms with Gasteiger partial charge in [0.25, 0.3) is 0 Å². The minimum absolute atomic E-state index is 1.05. The van der Waals surface area contributed by atoms with Gasteiger partial charge in [-0.25, -0.2) is 0 Å². The number of aromatic nitrogens is 1. The van der Waals surface area contributed by atoms with Crippen LogP contribution in [-0.4, -0.2) is 4.98 Å². The minimum Gasteiger partial charge on any atom is -0.349 e. The summed E-state index contributed by atoms with van der Waals surface area (Å²) in [7, 11) is 0. The number of benzene rings is 2. The van der Waals surface area contributed by atoms with E-state index < -0.39 is 0 Å². The van der Waals surface area contributed by atoms with Crippen molar-refractivity contribution >= 4 is 26.8 Å². The van der Waals surface area contributed by atoms with E-state index in [9.17, 15) is 0 Å². The van der Waals surface area contributed by atoms with Gasteiger partial charge in [0.2, 0.25) is 0 Å². The molecule has 0 atom stereocenters. The highest BCUT2D eigenvalue weighted by molar-refractivity contribution is 9.10. The molecule has 84 valence electrons. The molecular weight excluding hydrogens is 274 g/mol. The zero-order valence-electron chi connectivity index (χ0n) is 9.50. The molecule has 0 radical (unpaired) electrons. The van der Waals surface area contributed by atoms with E-state index in [2.05, 4.69) is 70.3 Å². The zero-order chi connectivity index (χ0) is 11.8. The lowest BCUT2D eigenvalue weighted by atomic mass is 10.0. The van der Waals surface area contributed by atoms with Crippen LogP contribution in [0.2, 0.25) is 0 Å². The Morgan fingerprint density at radius 2 is 1.71 bits per heavy atom. The Balaban J connectivity index is 2.40. The SMILES string of the molecule is Cc1cccc2[nH]c(Br)c(-c3ccccc3)c12. The van der Waals surface area contributed by atoms with Crippen LogP contribution in [0.4, 0.5) is 0 Å². The molecule has 0 unspecified atom stereocenters. The predicted molar refractivity (Wildman–Crippen MR) is 76.2 cm³/mol. The minimum atomic E-state index is 1.05. The first-order chi connectivity index (χ1) is 8.27. The number of hydrogen-bond donors (Lipinski definition) is 1. The van der Waals surface area contributed by atoms with Crippen LogP contribution in [0.1, 0.15) is 5.56 Å². The van der Waals surface area contributed by atoms with Crippen molar-refractivity contribution in [2.24, 2.45) is 0 Å². The molecule has 0 fully saturated rings. The first-order valence-corrected chi connectivity index (χ1v) is 6.39. The fraction of sp³-hybridized carbons (Fsp3) is 0.0667. The van der Waals surface area contributed by atoms with E-state index >= 15 is 0 Å². The van der Waals surface area contributed by atoms with Crippen molar-refractivity contribution < 1.29 is 0 Å². The van der Waals surface area contributed by atoms with Crippen LogP contribution >= 0.6 is 15.9 Å². The second-order valence-electron chi connectivity index (χ2n) is 4.18. The molecule has 1 nitrogen and oxygen atoms in total. The Morgan fingerprint density at radius 1 is 0.941 bits per heavy atom. The number of fused-ring (bicyclic) bond motifs is 1. The van der Waals surface area contributed by atoms with Crippen molar-refractivity contribution in [2.75, 3.05) is 0 Å². The van der Waals surface area contributed by atoms with Gasteiger partial charge in [-0.3, -0.25) is 0 Å². The average molecular weight is 286 g/mol. The summed E-state index contributed by atoms with van der Waals surface area (Å²) in [6.07, 6.45) is 0. The fourth-order valence-corrected chi connectivity index (χ4v) is 2.91. The van der Waals surface area contributed by atoms with Gasteiger partial charge in [0.05, 0.1) is 4.60 Å². The summed E-state index contributed by atoms with van der Waals surface area (Å²) in [6, 6.07) is 16.8. The molecule has 0 aliphatic carbocycles. The van der Waals surface area contributed by atoms with Crippen LogP contribution in [0, 0.1) is 6.92 Å². The maximum absolute atomic E-state index is 3.62. The third-order valence-corrected chi connectivity index (χ3v) is 3.64. The summed E-state index contributed by atoms with van der Waals surface area (Å²) in [6.45, 7) is 2.15. The van der Waals surface area contributed by atoms with E-state index in [0.717, 1.165) is 4.60 Å². The van der Waals surface area contributed by atoms with Crippen molar-refractivity contribution in [1.29, 1.82) is 0 Å². The van der Waals surface area contributed by atoms with Crippen molar-refractivity contribution in [3.05, 3.63) is 58.7 Å². The number of rotatable bonds is 1.